The molecule has 0 spiro atoms. The third-order valence-electron chi connectivity index (χ3n) is 4.75. The van der Waals surface area contributed by atoms with Crippen molar-refractivity contribution in [2.75, 3.05) is 19.7 Å². The Hall–Kier alpha value is -1.35. The van der Waals surface area contributed by atoms with Crippen molar-refractivity contribution in [3.05, 3.63) is 29.8 Å². The molecule has 1 aromatic rings. The summed E-state index contributed by atoms with van der Waals surface area (Å²) in [6.07, 6.45) is 1.53. The van der Waals surface area contributed by atoms with Crippen LogP contribution >= 0.6 is 0 Å². The zero-order chi connectivity index (χ0) is 15.5. The molecule has 2 rings (SSSR count). The first-order valence-corrected chi connectivity index (χ1v) is 8.00. The summed E-state index contributed by atoms with van der Waals surface area (Å²) in [6.45, 7) is 10.8. The lowest BCUT2D eigenvalue weighted by atomic mass is 9.83. The van der Waals surface area contributed by atoms with Crippen LogP contribution in [-0.4, -0.2) is 35.9 Å². The van der Waals surface area contributed by atoms with E-state index in [9.17, 15) is 4.79 Å². The van der Waals surface area contributed by atoms with Crippen LogP contribution in [0.25, 0.3) is 0 Å². The maximum absolute atomic E-state index is 12.8. The monoisotopic (exact) mass is 289 g/mol. The summed E-state index contributed by atoms with van der Waals surface area (Å²) < 4.78 is 5.69. The van der Waals surface area contributed by atoms with Gasteiger partial charge in [-0.25, -0.2) is 0 Å². The summed E-state index contributed by atoms with van der Waals surface area (Å²) >= 11 is 0. The Bertz CT molecular complexity index is 492. The van der Waals surface area contributed by atoms with E-state index in [0.717, 1.165) is 25.3 Å². The molecular weight excluding hydrogens is 262 g/mol. The maximum Gasteiger partial charge on any atom is 0.153 e. The predicted molar refractivity (Wildman–Crippen MR) is 85.9 cm³/mol. The Morgan fingerprint density at radius 1 is 1.29 bits per heavy atom. The molecule has 21 heavy (non-hydrogen) atoms. The predicted octanol–water partition coefficient (Wildman–Crippen LogP) is 3.63. The van der Waals surface area contributed by atoms with Gasteiger partial charge in [0.2, 0.25) is 0 Å². The number of nitrogens with zero attached hydrogens (tertiary/aromatic N) is 1. The number of Topliss-reactive ketones (excluding diaryl/α,β-unsaturated/α-hetero) is 1. The normalized spacial score (nSPS) is 18.2. The van der Waals surface area contributed by atoms with Crippen molar-refractivity contribution in [1.82, 2.24) is 4.90 Å². The quantitative estimate of drug-likeness (QED) is 0.801. The van der Waals surface area contributed by atoms with E-state index in [1.807, 2.05) is 32.0 Å². The molecule has 0 fully saturated rings. The van der Waals surface area contributed by atoms with Crippen molar-refractivity contribution in [3.63, 3.8) is 0 Å². The van der Waals surface area contributed by atoms with Crippen molar-refractivity contribution in [3.8, 4) is 5.75 Å². The Labute approximate surface area is 128 Å². The zero-order valence-corrected chi connectivity index (χ0v) is 13.7. The number of benzene rings is 1. The minimum atomic E-state index is -0.392. The maximum atomic E-state index is 12.8. The van der Waals surface area contributed by atoms with Gasteiger partial charge in [0.25, 0.3) is 0 Å². The molecule has 1 aromatic carbocycles. The highest BCUT2D eigenvalue weighted by Crippen LogP contribution is 2.36. The molecule has 0 aliphatic carbocycles. The van der Waals surface area contributed by atoms with Crippen molar-refractivity contribution in [2.24, 2.45) is 0 Å². The Balaban J connectivity index is 2.14. The van der Waals surface area contributed by atoms with Gasteiger partial charge in [0.15, 0.2) is 5.78 Å². The van der Waals surface area contributed by atoms with Gasteiger partial charge in [-0.15, -0.1) is 0 Å². The molecule has 1 aliphatic heterocycles. The second kappa shape index (κ2) is 6.61. The van der Waals surface area contributed by atoms with E-state index in [1.165, 1.54) is 5.56 Å². The summed E-state index contributed by atoms with van der Waals surface area (Å²) in [5.41, 5.74) is 0.795. The number of rotatable bonds is 6. The van der Waals surface area contributed by atoms with Crippen molar-refractivity contribution < 1.29 is 9.53 Å². The van der Waals surface area contributed by atoms with E-state index < -0.39 is 5.54 Å². The zero-order valence-electron chi connectivity index (χ0n) is 13.7. The number of hydrogen-bond acceptors (Lipinski definition) is 3. The van der Waals surface area contributed by atoms with Gasteiger partial charge in [-0.1, -0.05) is 32.0 Å². The van der Waals surface area contributed by atoms with E-state index in [4.69, 9.17) is 4.74 Å². The Morgan fingerprint density at radius 2 is 1.95 bits per heavy atom. The lowest BCUT2D eigenvalue weighted by Crippen LogP contribution is -2.50. The minimum absolute atomic E-state index is 0.289. The SMILES string of the molecule is CCN(CC)C(C)(C)C(=O)CC1CCOc2ccccc21. The molecule has 0 amide bonds. The molecule has 0 radical (unpaired) electrons. The summed E-state index contributed by atoms with van der Waals surface area (Å²) in [5.74, 6) is 1.56. The first-order chi connectivity index (χ1) is 10.0. The fraction of sp³-hybridized carbons (Fsp3) is 0.611. The van der Waals surface area contributed by atoms with Crippen LogP contribution in [-0.2, 0) is 4.79 Å². The highest BCUT2D eigenvalue weighted by atomic mass is 16.5. The van der Waals surface area contributed by atoms with Gasteiger partial charge in [-0.3, -0.25) is 9.69 Å². The second-order valence-corrected chi connectivity index (χ2v) is 6.23. The van der Waals surface area contributed by atoms with Crippen LogP contribution in [0, 0.1) is 0 Å². The van der Waals surface area contributed by atoms with E-state index in [-0.39, 0.29) is 5.92 Å². The highest BCUT2D eigenvalue weighted by molar-refractivity contribution is 5.88. The first kappa shape index (κ1) is 16.0. The van der Waals surface area contributed by atoms with Gasteiger partial charge in [0, 0.05) is 6.42 Å². The number of likely N-dealkylation sites (N-methyl/N-ethyl adjacent to an activating group) is 1. The number of para-hydroxylation sites is 1. The van der Waals surface area contributed by atoms with Crippen LogP contribution < -0.4 is 4.74 Å². The van der Waals surface area contributed by atoms with Crippen molar-refractivity contribution in [1.29, 1.82) is 0 Å². The molecule has 116 valence electrons. The fourth-order valence-electron chi connectivity index (χ4n) is 3.29. The van der Waals surface area contributed by atoms with Gasteiger partial charge in [0.1, 0.15) is 5.75 Å². The number of hydrogen-bond donors (Lipinski definition) is 0. The molecule has 1 unspecified atom stereocenters. The van der Waals surface area contributed by atoms with E-state index >= 15 is 0 Å². The molecule has 1 heterocycles. The third kappa shape index (κ3) is 3.29. The van der Waals surface area contributed by atoms with Crippen molar-refractivity contribution >= 4 is 5.78 Å². The molecule has 1 atom stereocenters. The highest BCUT2D eigenvalue weighted by Gasteiger charge is 2.35. The molecule has 0 aromatic heterocycles. The molecule has 3 nitrogen and oxygen atoms in total. The van der Waals surface area contributed by atoms with E-state index in [1.54, 1.807) is 0 Å². The molecule has 0 saturated carbocycles. The standard InChI is InChI=1S/C18H27NO2/c1-5-19(6-2)18(3,4)17(20)13-14-11-12-21-16-10-8-7-9-15(14)16/h7-10,14H,5-6,11-13H2,1-4H3. The summed E-state index contributed by atoms with van der Waals surface area (Å²) in [5, 5.41) is 0. The molecule has 3 heteroatoms. The average Bonchev–Trinajstić information content (AvgIpc) is 2.48. The number of ether oxygens (including phenoxy) is 1. The van der Waals surface area contributed by atoms with Crippen LogP contribution in [0.4, 0.5) is 0 Å². The second-order valence-electron chi connectivity index (χ2n) is 6.23. The topological polar surface area (TPSA) is 29.5 Å². The van der Waals surface area contributed by atoms with Crippen LogP contribution in [0.2, 0.25) is 0 Å². The van der Waals surface area contributed by atoms with Gasteiger partial charge in [-0.2, -0.15) is 0 Å². The van der Waals surface area contributed by atoms with Gasteiger partial charge < -0.3 is 4.74 Å². The lowest BCUT2D eigenvalue weighted by Gasteiger charge is -2.37. The number of carbonyl (C=O) groups is 1. The van der Waals surface area contributed by atoms with Crippen LogP contribution in [0.15, 0.2) is 24.3 Å². The molecule has 1 aliphatic rings. The summed E-state index contributed by atoms with van der Waals surface area (Å²) in [6, 6.07) is 8.11. The van der Waals surface area contributed by atoms with Crippen LogP contribution in [0.3, 0.4) is 0 Å². The Kier molecular flexibility index (Phi) is 5.04. The lowest BCUT2D eigenvalue weighted by molar-refractivity contribution is -0.129. The number of ketones is 1. The number of fused-ring (bicyclic) bond motifs is 1. The minimum Gasteiger partial charge on any atom is -0.493 e. The first-order valence-electron chi connectivity index (χ1n) is 8.00. The molecule has 0 saturated heterocycles. The molecule has 0 bridgehead atoms. The largest absolute Gasteiger partial charge is 0.493 e. The van der Waals surface area contributed by atoms with Crippen molar-refractivity contribution in [2.45, 2.75) is 52.0 Å². The fourth-order valence-corrected chi connectivity index (χ4v) is 3.29. The van der Waals surface area contributed by atoms with Crippen LogP contribution in [0.5, 0.6) is 5.75 Å². The third-order valence-corrected chi connectivity index (χ3v) is 4.75. The molecule has 0 N–H and O–H groups in total. The Morgan fingerprint density at radius 3 is 2.62 bits per heavy atom. The van der Waals surface area contributed by atoms with Gasteiger partial charge >= 0.3 is 0 Å². The van der Waals surface area contributed by atoms with Gasteiger partial charge in [-0.05, 0) is 50.9 Å². The average molecular weight is 289 g/mol. The summed E-state index contributed by atoms with van der Waals surface area (Å²) in [7, 11) is 0. The summed E-state index contributed by atoms with van der Waals surface area (Å²) in [4.78, 5) is 15.1. The smallest absolute Gasteiger partial charge is 0.153 e. The van der Waals surface area contributed by atoms with Crippen LogP contribution in [0.1, 0.15) is 52.0 Å². The van der Waals surface area contributed by atoms with Gasteiger partial charge in [0.05, 0.1) is 12.1 Å². The number of carbonyl (C=O) groups excluding carboxylic acids is 1. The van der Waals surface area contributed by atoms with E-state index in [2.05, 4.69) is 24.8 Å². The van der Waals surface area contributed by atoms with E-state index in [0.29, 0.717) is 18.8 Å². The molecular formula is C18H27NO2.